The smallest absolute Gasteiger partial charge is 0.408 e. The van der Waals surface area contributed by atoms with Gasteiger partial charge in [0.15, 0.2) is 0 Å². The Morgan fingerprint density at radius 3 is 2.53 bits per heavy atom. The van der Waals surface area contributed by atoms with Crippen molar-refractivity contribution in [3.63, 3.8) is 0 Å². The zero-order valence-electron chi connectivity index (χ0n) is 16.9. The molecule has 1 atom stereocenters. The summed E-state index contributed by atoms with van der Waals surface area (Å²) in [6.45, 7) is 2.47. The molecule has 6 heteroatoms. The normalized spacial score (nSPS) is 18.5. The van der Waals surface area contributed by atoms with E-state index in [-0.39, 0.29) is 0 Å². The van der Waals surface area contributed by atoms with Crippen LogP contribution in [-0.4, -0.2) is 32.6 Å². The van der Waals surface area contributed by atoms with Crippen molar-refractivity contribution in [1.82, 2.24) is 14.9 Å². The average molecular weight is 422 g/mol. The molecule has 5 nitrogen and oxygen atoms in total. The number of halogens is 1. The van der Waals surface area contributed by atoms with Crippen LogP contribution in [0.3, 0.4) is 0 Å². The summed E-state index contributed by atoms with van der Waals surface area (Å²) in [5, 5.41) is 10.7. The SMILES string of the molecule is Cc1ncnc(C2(Cc3ccccc3)CCCN2C(=O)O)c1Cc1ccc(Cl)cc1. The first-order valence-corrected chi connectivity index (χ1v) is 10.5. The van der Waals surface area contributed by atoms with Crippen LogP contribution in [0.25, 0.3) is 0 Å². The van der Waals surface area contributed by atoms with E-state index in [0.29, 0.717) is 24.4 Å². The van der Waals surface area contributed by atoms with E-state index in [1.807, 2.05) is 61.5 Å². The van der Waals surface area contributed by atoms with E-state index in [2.05, 4.69) is 4.98 Å². The maximum absolute atomic E-state index is 12.2. The molecule has 3 aromatic rings. The van der Waals surface area contributed by atoms with Gasteiger partial charge in [0.1, 0.15) is 6.33 Å². The molecule has 1 N–H and O–H groups in total. The van der Waals surface area contributed by atoms with Gasteiger partial charge in [-0.1, -0.05) is 54.1 Å². The molecule has 0 bridgehead atoms. The number of likely N-dealkylation sites (tertiary alicyclic amines) is 1. The average Bonchev–Trinajstić information content (AvgIpc) is 3.16. The minimum absolute atomic E-state index is 0.506. The summed E-state index contributed by atoms with van der Waals surface area (Å²) < 4.78 is 0. The maximum atomic E-state index is 12.2. The second-order valence-corrected chi connectivity index (χ2v) is 8.26. The highest BCUT2D eigenvalue weighted by atomic mass is 35.5. The van der Waals surface area contributed by atoms with E-state index < -0.39 is 11.6 Å². The number of aromatic nitrogens is 2. The van der Waals surface area contributed by atoms with Crippen molar-refractivity contribution < 1.29 is 9.90 Å². The fourth-order valence-electron chi connectivity index (χ4n) is 4.52. The number of hydrogen-bond acceptors (Lipinski definition) is 3. The van der Waals surface area contributed by atoms with Gasteiger partial charge < -0.3 is 5.11 Å². The Morgan fingerprint density at radius 2 is 1.83 bits per heavy atom. The third kappa shape index (κ3) is 3.90. The maximum Gasteiger partial charge on any atom is 0.408 e. The molecule has 1 aliphatic rings. The van der Waals surface area contributed by atoms with E-state index in [9.17, 15) is 9.90 Å². The van der Waals surface area contributed by atoms with Gasteiger partial charge in [0.05, 0.1) is 11.2 Å². The second kappa shape index (κ2) is 8.44. The molecular formula is C24H24ClN3O2. The largest absolute Gasteiger partial charge is 0.465 e. The van der Waals surface area contributed by atoms with Crippen molar-refractivity contribution in [1.29, 1.82) is 0 Å². The summed E-state index contributed by atoms with van der Waals surface area (Å²) in [4.78, 5) is 22.9. The first-order valence-electron chi connectivity index (χ1n) is 10.1. The third-order valence-electron chi connectivity index (χ3n) is 5.95. The lowest BCUT2D eigenvalue weighted by atomic mass is 9.81. The summed E-state index contributed by atoms with van der Waals surface area (Å²) in [7, 11) is 0. The van der Waals surface area contributed by atoms with Crippen LogP contribution in [0.15, 0.2) is 60.9 Å². The molecule has 1 aliphatic heterocycles. The highest BCUT2D eigenvalue weighted by molar-refractivity contribution is 6.30. The number of rotatable bonds is 5. The molecule has 0 spiro atoms. The Balaban J connectivity index is 1.84. The van der Waals surface area contributed by atoms with E-state index in [4.69, 9.17) is 16.6 Å². The van der Waals surface area contributed by atoms with Crippen LogP contribution in [0, 0.1) is 6.92 Å². The van der Waals surface area contributed by atoms with Crippen molar-refractivity contribution in [2.75, 3.05) is 6.54 Å². The number of nitrogens with zero attached hydrogens (tertiary/aromatic N) is 3. The van der Waals surface area contributed by atoms with Gasteiger partial charge in [0.25, 0.3) is 0 Å². The van der Waals surface area contributed by atoms with E-state index in [1.54, 1.807) is 11.2 Å². The van der Waals surface area contributed by atoms with E-state index in [1.165, 1.54) is 0 Å². The molecule has 0 radical (unpaired) electrons. The fourth-order valence-corrected chi connectivity index (χ4v) is 4.65. The fraction of sp³-hybridized carbons (Fsp3) is 0.292. The molecule has 30 heavy (non-hydrogen) atoms. The van der Waals surface area contributed by atoms with Crippen LogP contribution in [0.2, 0.25) is 5.02 Å². The number of benzene rings is 2. The van der Waals surface area contributed by atoms with E-state index in [0.717, 1.165) is 40.9 Å². The Labute approximate surface area is 181 Å². The van der Waals surface area contributed by atoms with Gasteiger partial charge >= 0.3 is 6.09 Å². The predicted molar refractivity (Wildman–Crippen MR) is 117 cm³/mol. The van der Waals surface area contributed by atoms with Crippen molar-refractivity contribution in [2.24, 2.45) is 0 Å². The van der Waals surface area contributed by atoms with Crippen LogP contribution >= 0.6 is 11.6 Å². The van der Waals surface area contributed by atoms with Gasteiger partial charge in [0, 0.05) is 35.7 Å². The van der Waals surface area contributed by atoms with Crippen molar-refractivity contribution in [2.45, 2.75) is 38.1 Å². The van der Waals surface area contributed by atoms with Crippen LogP contribution in [-0.2, 0) is 18.4 Å². The number of hydrogen-bond donors (Lipinski definition) is 1. The summed E-state index contributed by atoms with van der Waals surface area (Å²) in [6.07, 6.45) is 3.41. The van der Waals surface area contributed by atoms with Crippen LogP contribution in [0.1, 0.15) is 40.9 Å². The number of amides is 1. The topological polar surface area (TPSA) is 66.3 Å². The molecule has 2 heterocycles. The molecule has 1 aromatic heterocycles. The highest BCUT2D eigenvalue weighted by Gasteiger charge is 2.47. The lowest BCUT2D eigenvalue weighted by Gasteiger charge is -2.38. The zero-order chi connectivity index (χ0) is 21.1. The highest BCUT2D eigenvalue weighted by Crippen LogP contribution is 2.43. The lowest BCUT2D eigenvalue weighted by Crippen LogP contribution is -2.47. The third-order valence-corrected chi connectivity index (χ3v) is 6.21. The van der Waals surface area contributed by atoms with Gasteiger partial charge in [-0.3, -0.25) is 4.90 Å². The number of aryl methyl sites for hydroxylation is 1. The van der Waals surface area contributed by atoms with Gasteiger partial charge in [-0.05, 0) is 43.0 Å². The molecule has 0 saturated carbocycles. The molecule has 154 valence electrons. The minimum Gasteiger partial charge on any atom is -0.465 e. The standard InChI is InChI=1S/C24H24ClN3O2/c1-17-21(14-18-8-10-20(25)11-9-18)22(27-16-26-17)24(12-5-13-28(24)23(29)30)15-19-6-3-2-4-7-19/h2-4,6-11,16H,5,12-15H2,1H3,(H,29,30). The van der Waals surface area contributed by atoms with Crippen LogP contribution in [0.4, 0.5) is 4.79 Å². The summed E-state index contributed by atoms with van der Waals surface area (Å²) in [5.74, 6) is 0. The molecule has 4 rings (SSSR count). The number of carboxylic acid groups (broad SMARTS) is 1. The predicted octanol–water partition coefficient (Wildman–Crippen LogP) is 5.24. The Hall–Kier alpha value is -2.92. The number of carbonyl (C=O) groups is 1. The first-order chi connectivity index (χ1) is 14.5. The van der Waals surface area contributed by atoms with Crippen molar-refractivity contribution >= 4 is 17.7 Å². The summed E-state index contributed by atoms with van der Waals surface area (Å²) >= 11 is 6.05. The Bertz CT molecular complexity index is 1040. The van der Waals surface area contributed by atoms with Crippen LogP contribution < -0.4 is 0 Å². The lowest BCUT2D eigenvalue weighted by molar-refractivity contribution is 0.0976. The second-order valence-electron chi connectivity index (χ2n) is 7.82. The van der Waals surface area contributed by atoms with Gasteiger partial charge in [0.2, 0.25) is 0 Å². The molecule has 1 saturated heterocycles. The molecule has 0 aliphatic carbocycles. The molecule has 1 unspecified atom stereocenters. The monoisotopic (exact) mass is 421 g/mol. The zero-order valence-corrected chi connectivity index (χ0v) is 17.6. The van der Waals surface area contributed by atoms with Crippen LogP contribution in [0.5, 0.6) is 0 Å². The molecule has 1 amide bonds. The quantitative estimate of drug-likeness (QED) is 0.611. The minimum atomic E-state index is -0.905. The molecular weight excluding hydrogens is 398 g/mol. The van der Waals surface area contributed by atoms with Gasteiger partial charge in [-0.2, -0.15) is 0 Å². The summed E-state index contributed by atoms with van der Waals surface area (Å²) in [6, 6.07) is 17.8. The molecule has 1 fully saturated rings. The Morgan fingerprint density at radius 1 is 1.10 bits per heavy atom. The Kier molecular flexibility index (Phi) is 5.73. The first kappa shape index (κ1) is 20.4. The van der Waals surface area contributed by atoms with Gasteiger partial charge in [-0.15, -0.1) is 0 Å². The van der Waals surface area contributed by atoms with Crippen molar-refractivity contribution in [3.05, 3.63) is 94.0 Å². The van der Waals surface area contributed by atoms with Crippen molar-refractivity contribution in [3.8, 4) is 0 Å². The van der Waals surface area contributed by atoms with Gasteiger partial charge in [-0.25, -0.2) is 14.8 Å². The summed E-state index contributed by atoms with van der Waals surface area (Å²) in [5.41, 5.74) is 4.16. The molecule has 2 aromatic carbocycles. The van der Waals surface area contributed by atoms with E-state index >= 15 is 0 Å².